The van der Waals surface area contributed by atoms with Crippen molar-refractivity contribution in [2.45, 2.75) is 83.1 Å². The van der Waals surface area contributed by atoms with Crippen LogP contribution in [0.15, 0.2) is 0 Å². The second-order valence-electron chi connectivity index (χ2n) is 6.47. The Kier molecular flexibility index (Phi) is 4.63. The number of hydrogen-bond acceptors (Lipinski definition) is 2. The van der Waals surface area contributed by atoms with E-state index in [1.54, 1.807) is 0 Å². The molecule has 0 saturated heterocycles. The second-order valence-corrected chi connectivity index (χ2v) is 6.47. The van der Waals surface area contributed by atoms with Crippen LogP contribution in [-0.4, -0.2) is 10.5 Å². The Labute approximate surface area is 110 Å². The van der Waals surface area contributed by atoms with Crippen molar-refractivity contribution in [3.63, 3.8) is 0 Å². The van der Waals surface area contributed by atoms with E-state index < -0.39 is 5.54 Å². The number of nitro groups is 1. The van der Waals surface area contributed by atoms with Crippen LogP contribution in [0.3, 0.4) is 0 Å². The van der Waals surface area contributed by atoms with Gasteiger partial charge in [0.2, 0.25) is 5.54 Å². The number of nitrogens with zero attached hydrogens (tertiary/aromatic N) is 1. The van der Waals surface area contributed by atoms with E-state index in [0.29, 0.717) is 0 Å². The summed E-state index contributed by atoms with van der Waals surface area (Å²) >= 11 is 0. The van der Waals surface area contributed by atoms with E-state index in [9.17, 15) is 10.1 Å². The zero-order valence-corrected chi connectivity index (χ0v) is 11.7. The van der Waals surface area contributed by atoms with Gasteiger partial charge in [-0.05, 0) is 31.1 Å². The summed E-state index contributed by atoms with van der Waals surface area (Å²) in [5, 5.41) is 11.4. The molecule has 0 amide bonds. The highest BCUT2D eigenvalue weighted by Crippen LogP contribution is 2.43. The van der Waals surface area contributed by atoms with Crippen LogP contribution < -0.4 is 0 Å². The van der Waals surface area contributed by atoms with Gasteiger partial charge in [-0.3, -0.25) is 10.1 Å². The summed E-state index contributed by atoms with van der Waals surface area (Å²) in [7, 11) is 0. The zero-order chi connectivity index (χ0) is 13.0. The standard InChI is InChI=1S/C15H27NO2/c1-2-10-15(16(17)18)11-8-14(9-12-15)13-6-4-3-5-7-13/h13-14H,2-12H2,1H3/t14-,15+. The molecule has 0 aromatic heterocycles. The van der Waals surface area contributed by atoms with Gasteiger partial charge in [-0.2, -0.15) is 0 Å². The third kappa shape index (κ3) is 2.86. The van der Waals surface area contributed by atoms with Crippen molar-refractivity contribution in [1.29, 1.82) is 0 Å². The van der Waals surface area contributed by atoms with Crippen molar-refractivity contribution in [3.05, 3.63) is 10.1 Å². The van der Waals surface area contributed by atoms with E-state index in [4.69, 9.17) is 0 Å². The molecule has 0 heterocycles. The molecular formula is C15H27NO2. The third-order valence-corrected chi connectivity index (χ3v) is 5.38. The highest BCUT2D eigenvalue weighted by Gasteiger charge is 2.46. The molecule has 18 heavy (non-hydrogen) atoms. The van der Waals surface area contributed by atoms with Crippen LogP contribution in [0, 0.1) is 22.0 Å². The summed E-state index contributed by atoms with van der Waals surface area (Å²) in [6.45, 7) is 2.07. The van der Waals surface area contributed by atoms with E-state index in [2.05, 4.69) is 6.92 Å². The largest absolute Gasteiger partial charge is 0.264 e. The summed E-state index contributed by atoms with van der Waals surface area (Å²) in [6.07, 6.45) is 12.5. The molecule has 2 aliphatic carbocycles. The van der Waals surface area contributed by atoms with Crippen LogP contribution in [0.4, 0.5) is 0 Å². The molecule has 0 atom stereocenters. The molecule has 2 saturated carbocycles. The molecule has 0 aliphatic heterocycles. The first-order valence-electron chi connectivity index (χ1n) is 7.82. The van der Waals surface area contributed by atoms with Crippen LogP contribution in [0.1, 0.15) is 77.6 Å². The predicted molar refractivity (Wildman–Crippen MR) is 73.2 cm³/mol. The van der Waals surface area contributed by atoms with Gasteiger partial charge in [0, 0.05) is 24.2 Å². The first-order chi connectivity index (χ1) is 8.68. The lowest BCUT2D eigenvalue weighted by atomic mass is 9.68. The highest BCUT2D eigenvalue weighted by atomic mass is 16.6. The van der Waals surface area contributed by atoms with Crippen molar-refractivity contribution < 1.29 is 4.92 Å². The van der Waals surface area contributed by atoms with Crippen LogP contribution in [0.5, 0.6) is 0 Å². The maximum atomic E-state index is 11.4. The minimum atomic E-state index is -0.570. The van der Waals surface area contributed by atoms with Gasteiger partial charge >= 0.3 is 0 Å². The molecule has 2 fully saturated rings. The third-order valence-electron chi connectivity index (χ3n) is 5.38. The minimum absolute atomic E-state index is 0.0353. The number of rotatable bonds is 4. The summed E-state index contributed by atoms with van der Waals surface area (Å²) < 4.78 is 0. The van der Waals surface area contributed by atoms with Gasteiger partial charge in [0.05, 0.1) is 0 Å². The first-order valence-corrected chi connectivity index (χ1v) is 7.82. The molecule has 104 valence electrons. The Hall–Kier alpha value is -0.600. The summed E-state index contributed by atoms with van der Waals surface area (Å²) in [5.74, 6) is 1.67. The van der Waals surface area contributed by atoms with Gasteiger partial charge in [0.1, 0.15) is 0 Å². The Bertz CT molecular complexity index is 276. The van der Waals surface area contributed by atoms with Crippen molar-refractivity contribution in [2.75, 3.05) is 0 Å². The molecule has 2 rings (SSSR count). The fourth-order valence-corrected chi connectivity index (χ4v) is 4.24. The normalized spacial score (nSPS) is 34.4. The second kappa shape index (κ2) is 6.03. The maximum Gasteiger partial charge on any atom is 0.222 e. The zero-order valence-electron chi connectivity index (χ0n) is 11.7. The minimum Gasteiger partial charge on any atom is -0.264 e. The number of hydrogen-bond donors (Lipinski definition) is 0. The van der Waals surface area contributed by atoms with Crippen molar-refractivity contribution in [2.24, 2.45) is 11.8 Å². The maximum absolute atomic E-state index is 11.4. The SMILES string of the molecule is CCC[C@]1([N+](=O)[O-])CC[C@@H](C2CCCCC2)CC1. The topological polar surface area (TPSA) is 43.1 Å². The van der Waals surface area contributed by atoms with E-state index in [0.717, 1.165) is 50.4 Å². The van der Waals surface area contributed by atoms with Gasteiger partial charge in [-0.25, -0.2) is 0 Å². The summed E-state index contributed by atoms with van der Waals surface area (Å²) in [5.41, 5.74) is -0.570. The van der Waals surface area contributed by atoms with Gasteiger partial charge < -0.3 is 0 Å². The molecule has 0 radical (unpaired) electrons. The molecule has 3 nitrogen and oxygen atoms in total. The molecule has 0 bridgehead atoms. The summed E-state index contributed by atoms with van der Waals surface area (Å²) in [4.78, 5) is 11.4. The summed E-state index contributed by atoms with van der Waals surface area (Å²) in [6, 6.07) is 0. The molecule has 0 aromatic rings. The lowest BCUT2D eigenvalue weighted by Crippen LogP contribution is -2.43. The van der Waals surface area contributed by atoms with E-state index in [1.807, 2.05) is 0 Å². The first kappa shape index (κ1) is 13.8. The average Bonchev–Trinajstić information content (AvgIpc) is 2.41. The van der Waals surface area contributed by atoms with Crippen molar-refractivity contribution in [1.82, 2.24) is 0 Å². The van der Waals surface area contributed by atoms with E-state index >= 15 is 0 Å². The lowest BCUT2D eigenvalue weighted by Gasteiger charge is -2.38. The fraction of sp³-hybridized carbons (Fsp3) is 1.00. The Morgan fingerprint density at radius 3 is 2.11 bits per heavy atom. The molecule has 0 unspecified atom stereocenters. The Morgan fingerprint density at radius 1 is 1.06 bits per heavy atom. The van der Waals surface area contributed by atoms with Crippen molar-refractivity contribution >= 4 is 0 Å². The van der Waals surface area contributed by atoms with Crippen LogP contribution in [-0.2, 0) is 0 Å². The lowest BCUT2D eigenvalue weighted by molar-refractivity contribution is -0.577. The molecule has 0 aromatic carbocycles. The Balaban J connectivity index is 1.91. The average molecular weight is 253 g/mol. The highest BCUT2D eigenvalue weighted by molar-refractivity contribution is 4.88. The van der Waals surface area contributed by atoms with E-state index in [1.165, 1.54) is 32.1 Å². The van der Waals surface area contributed by atoms with Gasteiger partial charge in [0.15, 0.2) is 0 Å². The van der Waals surface area contributed by atoms with Gasteiger partial charge in [-0.15, -0.1) is 0 Å². The molecule has 2 aliphatic rings. The van der Waals surface area contributed by atoms with Crippen molar-refractivity contribution in [3.8, 4) is 0 Å². The molecule has 3 heteroatoms. The smallest absolute Gasteiger partial charge is 0.222 e. The van der Waals surface area contributed by atoms with Crippen LogP contribution >= 0.6 is 0 Å². The molecule has 0 N–H and O–H groups in total. The van der Waals surface area contributed by atoms with Gasteiger partial charge in [0.25, 0.3) is 0 Å². The van der Waals surface area contributed by atoms with Gasteiger partial charge in [-0.1, -0.05) is 39.0 Å². The van der Waals surface area contributed by atoms with E-state index in [-0.39, 0.29) is 4.92 Å². The monoisotopic (exact) mass is 253 g/mol. The molecule has 0 spiro atoms. The Morgan fingerprint density at radius 2 is 1.61 bits per heavy atom. The van der Waals surface area contributed by atoms with Crippen LogP contribution in [0.25, 0.3) is 0 Å². The molecular weight excluding hydrogens is 226 g/mol. The van der Waals surface area contributed by atoms with Crippen LogP contribution in [0.2, 0.25) is 0 Å². The quantitative estimate of drug-likeness (QED) is 0.544. The fourth-order valence-electron chi connectivity index (χ4n) is 4.24. The predicted octanol–water partition coefficient (Wildman–Crippen LogP) is 4.57.